The number of hydrogen-bond acceptors (Lipinski definition) is 8. The minimum atomic E-state index is -1.19. The topological polar surface area (TPSA) is 103 Å². The molecule has 1 amide bonds. The summed E-state index contributed by atoms with van der Waals surface area (Å²) in [7, 11) is 0.860. The molecule has 12 heteroatoms. The van der Waals surface area contributed by atoms with E-state index in [1.807, 2.05) is 63.8 Å². The predicted octanol–water partition coefficient (Wildman–Crippen LogP) is 6.33. The number of likely N-dealkylation sites (tertiary alicyclic amines) is 1. The van der Waals surface area contributed by atoms with Crippen molar-refractivity contribution in [3.8, 4) is 0 Å². The van der Waals surface area contributed by atoms with E-state index in [2.05, 4.69) is 55.0 Å². The molecule has 0 saturated carbocycles. The lowest BCUT2D eigenvalue weighted by Gasteiger charge is -2.41. The summed E-state index contributed by atoms with van der Waals surface area (Å²) in [6, 6.07) is 13.1. The number of aryl methyl sites for hydroxylation is 1. The number of ether oxygens (including phenoxy) is 2. The molecule has 1 saturated heterocycles. The van der Waals surface area contributed by atoms with E-state index < -0.39 is 8.07 Å². The first kappa shape index (κ1) is 31.5. The number of hydrogen-bond donors (Lipinski definition) is 1. The molecule has 1 N–H and O–H groups in total. The number of amides is 1. The molecule has 4 aromatic rings. The zero-order valence-corrected chi connectivity index (χ0v) is 27.9. The van der Waals surface area contributed by atoms with Crippen LogP contribution in [0.5, 0.6) is 0 Å². The van der Waals surface area contributed by atoms with Crippen molar-refractivity contribution in [1.82, 2.24) is 29.2 Å². The van der Waals surface area contributed by atoms with Gasteiger partial charge in [0.15, 0.2) is 0 Å². The summed E-state index contributed by atoms with van der Waals surface area (Å²) >= 11 is 0. The molecule has 4 heterocycles. The Kier molecular flexibility index (Phi) is 9.89. The molecule has 0 bridgehead atoms. The molecule has 1 aliphatic heterocycles. The van der Waals surface area contributed by atoms with Gasteiger partial charge in [0.05, 0.1) is 17.3 Å². The average molecular weight is 619 g/mol. The Morgan fingerprint density at radius 1 is 1.14 bits per heavy atom. The lowest BCUT2D eigenvalue weighted by Crippen LogP contribution is -2.52. The van der Waals surface area contributed by atoms with E-state index in [0.29, 0.717) is 19.2 Å². The fraction of sp³-hybridized carbons (Fsp3) is 0.500. The summed E-state index contributed by atoms with van der Waals surface area (Å²) in [5.41, 5.74) is 2.59. The molecule has 0 radical (unpaired) electrons. The van der Waals surface area contributed by atoms with E-state index in [-0.39, 0.29) is 24.8 Å². The second-order valence-electron chi connectivity index (χ2n) is 12.8. The number of nitrogens with zero attached hydrogens (tertiary/aromatic N) is 7. The largest absolute Gasteiger partial charge is 0.445 e. The molecular formula is C32H46N8O3Si. The number of benzene rings is 1. The molecule has 0 unspecified atom stereocenters. The van der Waals surface area contributed by atoms with Crippen LogP contribution in [0, 0.1) is 0 Å². The zero-order valence-electron chi connectivity index (χ0n) is 26.9. The van der Waals surface area contributed by atoms with Gasteiger partial charge in [-0.05, 0) is 44.4 Å². The first-order valence-electron chi connectivity index (χ1n) is 15.6. The Balaban J connectivity index is 1.37. The van der Waals surface area contributed by atoms with Gasteiger partial charge >= 0.3 is 6.09 Å². The van der Waals surface area contributed by atoms with Crippen LogP contribution in [0.3, 0.4) is 0 Å². The molecule has 5 rings (SSSR count). The number of nitrogens with one attached hydrogen (secondary N) is 1. The third-order valence-electron chi connectivity index (χ3n) is 8.22. The number of piperidine rings is 1. The summed E-state index contributed by atoms with van der Waals surface area (Å²) in [6.45, 7) is 13.9. The molecule has 2 atom stereocenters. The summed E-state index contributed by atoms with van der Waals surface area (Å²) in [6.07, 6.45) is 7.25. The van der Waals surface area contributed by atoms with Crippen molar-refractivity contribution in [2.45, 2.75) is 84.3 Å². The third kappa shape index (κ3) is 7.78. The maximum absolute atomic E-state index is 13.2. The van der Waals surface area contributed by atoms with Crippen LogP contribution in [-0.2, 0) is 29.4 Å². The summed E-state index contributed by atoms with van der Waals surface area (Å²) in [5.74, 6) is 1.29. The second-order valence-corrected chi connectivity index (χ2v) is 18.5. The van der Waals surface area contributed by atoms with E-state index in [0.717, 1.165) is 60.1 Å². The molecule has 1 aromatic carbocycles. The molecule has 1 aliphatic rings. The number of carbonyl (C=O) groups is 1. The van der Waals surface area contributed by atoms with Crippen molar-refractivity contribution < 1.29 is 14.3 Å². The molecule has 1 fully saturated rings. The highest BCUT2D eigenvalue weighted by molar-refractivity contribution is 6.76. The molecule has 236 valence electrons. The van der Waals surface area contributed by atoms with Crippen LogP contribution < -0.4 is 10.2 Å². The minimum absolute atomic E-state index is 0.0561. The van der Waals surface area contributed by atoms with Gasteiger partial charge in [0, 0.05) is 59.3 Å². The highest BCUT2D eigenvalue weighted by Gasteiger charge is 2.33. The third-order valence-corrected chi connectivity index (χ3v) is 9.92. The lowest BCUT2D eigenvalue weighted by molar-refractivity contribution is 0.0676. The maximum atomic E-state index is 13.2. The van der Waals surface area contributed by atoms with Gasteiger partial charge in [0.1, 0.15) is 24.8 Å². The van der Waals surface area contributed by atoms with Gasteiger partial charge in [-0.2, -0.15) is 15.1 Å². The van der Waals surface area contributed by atoms with Gasteiger partial charge in [-0.15, -0.1) is 0 Å². The van der Waals surface area contributed by atoms with Gasteiger partial charge in [0.2, 0.25) is 5.95 Å². The number of aromatic nitrogens is 5. The van der Waals surface area contributed by atoms with Crippen molar-refractivity contribution in [3.05, 3.63) is 60.6 Å². The number of rotatable bonds is 12. The quantitative estimate of drug-likeness (QED) is 0.145. The molecule has 0 spiro atoms. The smallest absolute Gasteiger partial charge is 0.410 e. The van der Waals surface area contributed by atoms with Crippen LogP contribution >= 0.6 is 0 Å². The van der Waals surface area contributed by atoms with Crippen LogP contribution in [0.1, 0.15) is 32.3 Å². The molecule has 44 heavy (non-hydrogen) atoms. The van der Waals surface area contributed by atoms with E-state index in [9.17, 15) is 4.79 Å². The highest BCUT2D eigenvalue weighted by atomic mass is 28.3. The molecular weight excluding hydrogens is 572 g/mol. The maximum Gasteiger partial charge on any atom is 0.410 e. The Bertz CT molecular complexity index is 1530. The Morgan fingerprint density at radius 2 is 1.93 bits per heavy atom. The van der Waals surface area contributed by atoms with Gasteiger partial charge in [-0.3, -0.25) is 4.68 Å². The molecule has 11 nitrogen and oxygen atoms in total. The van der Waals surface area contributed by atoms with E-state index >= 15 is 0 Å². The highest BCUT2D eigenvalue weighted by Crippen LogP contribution is 2.31. The first-order chi connectivity index (χ1) is 21.1. The second kappa shape index (κ2) is 13.8. The number of anilines is 3. The summed E-state index contributed by atoms with van der Waals surface area (Å²) < 4.78 is 15.7. The van der Waals surface area contributed by atoms with Crippen molar-refractivity contribution >= 4 is 42.7 Å². The van der Waals surface area contributed by atoms with Crippen molar-refractivity contribution in [2.75, 3.05) is 30.4 Å². The number of carbonyl (C=O) groups excluding carboxylic acids is 1. The van der Waals surface area contributed by atoms with Gasteiger partial charge in [-0.25, -0.2) is 4.79 Å². The Labute approximate surface area is 261 Å². The fourth-order valence-corrected chi connectivity index (χ4v) is 6.14. The number of fused-ring (bicyclic) bond motifs is 1. The SMILES string of the molecule is CCn1cc(Nc2nc(N(C)[C@@H]3CC[C@H](C)N(C(=O)OCc4ccccc4)C3)c3ccn(COCC[Si](C)(C)C)c3n2)cn1. The fourth-order valence-electron chi connectivity index (χ4n) is 5.38. The molecule has 3 aromatic heterocycles. The summed E-state index contributed by atoms with van der Waals surface area (Å²) in [4.78, 5) is 27.1. The van der Waals surface area contributed by atoms with Crippen LogP contribution in [-0.4, -0.2) is 75.7 Å². The standard InChI is InChI=1S/C32H46N8O3Si/c1-7-39-20-26(19-33-39)34-31-35-29(28-15-16-38(30(28)36-31)23-42-17-18-44(4,5)6)37(3)27-14-13-24(2)40(21-27)32(41)43-22-25-11-9-8-10-12-25/h8-12,15-16,19-20,24,27H,7,13-14,17-18,21-23H2,1-6H3,(H,34,35,36)/t24-,27+/m0/s1. The van der Waals surface area contributed by atoms with E-state index in [4.69, 9.17) is 19.4 Å². The van der Waals surface area contributed by atoms with Crippen molar-refractivity contribution in [1.29, 1.82) is 0 Å². The molecule has 0 aliphatic carbocycles. The Morgan fingerprint density at radius 3 is 2.66 bits per heavy atom. The lowest BCUT2D eigenvalue weighted by atomic mass is 9.98. The van der Waals surface area contributed by atoms with E-state index in [1.54, 1.807) is 6.20 Å². The number of likely N-dealkylation sites (N-methyl/N-ethyl adjacent to an activating group) is 1. The van der Waals surface area contributed by atoms with Gasteiger partial charge in [0.25, 0.3) is 0 Å². The van der Waals surface area contributed by atoms with Crippen LogP contribution in [0.2, 0.25) is 25.7 Å². The van der Waals surface area contributed by atoms with Crippen LogP contribution in [0.25, 0.3) is 11.0 Å². The van der Waals surface area contributed by atoms with Crippen LogP contribution in [0.15, 0.2) is 55.0 Å². The average Bonchev–Trinajstić information content (AvgIpc) is 3.64. The predicted molar refractivity (Wildman–Crippen MR) is 177 cm³/mol. The first-order valence-corrected chi connectivity index (χ1v) is 19.3. The van der Waals surface area contributed by atoms with Crippen LogP contribution in [0.4, 0.5) is 22.2 Å². The van der Waals surface area contributed by atoms with Crippen molar-refractivity contribution in [3.63, 3.8) is 0 Å². The van der Waals surface area contributed by atoms with Gasteiger partial charge < -0.3 is 29.2 Å². The normalized spacial score (nSPS) is 17.2. The Hall–Kier alpha value is -3.90. The van der Waals surface area contributed by atoms with Gasteiger partial charge in [-0.1, -0.05) is 50.0 Å². The zero-order chi connectivity index (χ0) is 31.3. The minimum Gasteiger partial charge on any atom is -0.445 e. The van der Waals surface area contributed by atoms with Crippen molar-refractivity contribution in [2.24, 2.45) is 0 Å². The van der Waals surface area contributed by atoms with E-state index in [1.165, 1.54) is 0 Å². The summed E-state index contributed by atoms with van der Waals surface area (Å²) in [5, 5.41) is 8.68. The monoisotopic (exact) mass is 618 g/mol.